The molecule has 2 fully saturated rings. The molecular formula is C18H30N4O6. The molecule has 0 aromatic carbocycles. The number of likely N-dealkylation sites (N-methyl/N-ethyl adjacent to an activating group) is 1. The van der Waals surface area contributed by atoms with Gasteiger partial charge in [-0.2, -0.15) is 0 Å². The first-order valence-corrected chi connectivity index (χ1v) is 9.41. The van der Waals surface area contributed by atoms with E-state index in [0.29, 0.717) is 12.8 Å². The van der Waals surface area contributed by atoms with E-state index in [1.165, 1.54) is 16.8 Å². The number of hydrogen-bond acceptors (Lipinski definition) is 6. The average molecular weight is 398 g/mol. The normalized spacial score (nSPS) is 26.1. The van der Waals surface area contributed by atoms with Crippen LogP contribution in [-0.4, -0.2) is 77.2 Å². The number of hydrogen-bond donors (Lipinski definition) is 2. The molecule has 4 amide bonds. The summed E-state index contributed by atoms with van der Waals surface area (Å²) in [5.41, 5.74) is 4.71. The zero-order valence-electron chi connectivity index (χ0n) is 17.1. The summed E-state index contributed by atoms with van der Waals surface area (Å²) in [5, 5.41) is 2.67. The van der Waals surface area contributed by atoms with Crippen LogP contribution in [0.15, 0.2) is 0 Å². The Morgan fingerprint density at radius 1 is 1.29 bits per heavy atom. The van der Waals surface area contributed by atoms with Gasteiger partial charge in [-0.05, 0) is 40.5 Å². The maximum Gasteiger partial charge on any atom is 0.410 e. The molecule has 158 valence electrons. The zero-order valence-corrected chi connectivity index (χ0v) is 17.1. The molecule has 2 heterocycles. The fraction of sp³-hybridized carbons (Fsp3) is 0.778. The van der Waals surface area contributed by atoms with E-state index in [1.54, 1.807) is 27.7 Å². The van der Waals surface area contributed by atoms with Crippen molar-refractivity contribution in [2.45, 2.75) is 76.9 Å². The Hall–Kier alpha value is -2.36. The summed E-state index contributed by atoms with van der Waals surface area (Å²) >= 11 is 0. The van der Waals surface area contributed by atoms with Gasteiger partial charge in [0.15, 0.2) is 0 Å². The molecule has 2 aliphatic rings. The van der Waals surface area contributed by atoms with Gasteiger partial charge in [-0.25, -0.2) is 4.79 Å². The fourth-order valence-electron chi connectivity index (χ4n) is 3.24. The molecule has 2 aliphatic heterocycles. The number of amides is 4. The van der Waals surface area contributed by atoms with Gasteiger partial charge in [0.05, 0.1) is 6.61 Å². The maximum atomic E-state index is 12.9. The SMILES string of the molecule is C[C@@H](C(=O)N[C@H]1CCO[C@H]2CC[C@@H](C(N)=O)N2C1=O)N(C)C(=O)OC(C)(C)C. The van der Waals surface area contributed by atoms with Gasteiger partial charge in [-0.15, -0.1) is 0 Å². The number of ether oxygens (including phenoxy) is 2. The van der Waals surface area contributed by atoms with Crippen LogP contribution in [-0.2, 0) is 23.9 Å². The van der Waals surface area contributed by atoms with Crippen molar-refractivity contribution >= 4 is 23.8 Å². The Bertz CT molecular complexity index is 646. The maximum absolute atomic E-state index is 12.9. The van der Waals surface area contributed by atoms with Crippen LogP contribution in [0.3, 0.4) is 0 Å². The number of nitrogens with two attached hydrogens (primary N) is 1. The molecule has 4 atom stereocenters. The van der Waals surface area contributed by atoms with Crippen LogP contribution < -0.4 is 11.1 Å². The second-order valence-corrected chi connectivity index (χ2v) is 8.18. The lowest BCUT2D eigenvalue weighted by molar-refractivity contribution is -0.148. The molecule has 2 saturated heterocycles. The number of nitrogens with one attached hydrogen (secondary N) is 1. The number of rotatable bonds is 4. The second kappa shape index (κ2) is 8.34. The molecule has 0 aliphatic carbocycles. The van der Waals surface area contributed by atoms with Crippen LogP contribution in [0.5, 0.6) is 0 Å². The van der Waals surface area contributed by atoms with Crippen molar-refractivity contribution in [3.8, 4) is 0 Å². The fourth-order valence-corrected chi connectivity index (χ4v) is 3.24. The lowest BCUT2D eigenvalue weighted by Crippen LogP contribution is -2.56. The molecular weight excluding hydrogens is 368 g/mol. The monoisotopic (exact) mass is 398 g/mol. The molecule has 28 heavy (non-hydrogen) atoms. The quantitative estimate of drug-likeness (QED) is 0.682. The third-order valence-electron chi connectivity index (χ3n) is 4.89. The van der Waals surface area contributed by atoms with Gasteiger partial charge < -0.3 is 25.4 Å². The number of primary amides is 1. The topological polar surface area (TPSA) is 131 Å². The van der Waals surface area contributed by atoms with Crippen LogP contribution in [0, 0.1) is 0 Å². The molecule has 0 spiro atoms. The van der Waals surface area contributed by atoms with E-state index in [2.05, 4.69) is 5.32 Å². The van der Waals surface area contributed by atoms with E-state index in [9.17, 15) is 19.2 Å². The summed E-state index contributed by atoms with van der Waals surface area (Å²) < 4.78 is 10.9. The van der Waals surface area contributed by atoms with Crippen molar-refractivity contribution in [3.05, 3.63) is 0 Å². The summed E-state index contributed by atoms with van der Waals surface area (Å²) in [4.78, 5) is 51.9. The molecule has 0 bridgehead atoms. The number of fused-ring (bicyclic) bond motifs is 1. The molecule has 0 aromatic rings. The van der Waals surface area contributed by atoms with E-state index >= 15 is 0 Å². The van der Waals surface area contributed by atoms with Crippen molar-refractivity contribution in [3.63, 3.8) is 0 Å². The molecule has 3 N–H and O–H groups in total. The lowest BCUT2D eigenvalue weighted by Gasteiger charge is -2.31. The molecule has 0 saturated carbocycles. The Morgan fingerprint density at radius 3 is 2.50 bits per heavy atom. The second-order valence-electron chi connectivity index (χ2n) is 8.18. The first-order chi connectivity index (χ1) is 12.9. The van der Waals surface area contributed by atoms with Gasteiger partial charge in [-0.1, -0.05) is 0 Å². The minimum absolute atomic E-state index is 0.264. The van der Waals surface area contributed by atoms with E-state index in [0.717, 1.165) is 0 Å². The molecule has 0 aromatic heterocycles. The van der Waals surface area contributed by atoms with Gasteiger partial charge in [-0.3, -0.25) is 19.3 Å². The molecule has 10 nitrogen and oxygen atoms in total. The Kier molecular flexibility index (Phi) is 6.53. The van der Waals surface area contributed by atoms with Crippen molar-refractivity contribution in [2.24, 2.45) is 5.73 Å². The summed E-state index contributed by atoms with van der Waals surface area (Å²) in [6.07, 6.45) is 0.0846. The third-order valence-corrected chi connectivity index (χ3v) is 4.89. The Balaban J connectivity index is 2.04. The minimum atomic E-state index is -0.855. The van der Waals surface area contributed by atoms with Crippen molar-refractivity contribution in [2.75, 3.05) is 13.7 Å². The molecule has 2 rings (SSSR count). The summed E-state index contributed by atoms with van der Waals surface area (Å²) in [5.74, 6) is -1.49. The average Bonchev–Trinajstić information content (AvgIpc) is 2.95. The summed E-state index contributed by atoms with van der Waals surface area (Å²) in [6.45, 7) is 7.00. The van der Waals surface area contributed by atoms with Crippen LogP contribution in [0.2, 0.25) is 0 Å². The van der Waals surface area contributed by atoms with Gasteiger partial charge in [0.25, 0.3) is 0 Å². The lowest BCUT2D eigenvalue weighted by atomic mass is 10.1. The van der Waals surface area contributed by atoms with E-state index < -0.39 is 53.8 Å². The number of carbonyl (C=O) groups is 4. The molecule has 0 radical (unpaired) electrons. The van der Waals surface area contributed by atoms with E-state index in [1.807, 2.05) is 0 Å². The number of nitrogens with zero attached hydrogens (tertiary/aromatic N) is 2. The highest BCUT2D eigenvalue weighted by Gasteiger charge is 2.45. The van der Waals surface area contributed by atoms with Crippen molar-refractivity contribution < 1.29 is 28.7 Å². The predicted molar refractivity (Wildman–Crippen MR) is 98.8 cm³/mol. The highest BCUT2D eigenvalue weighted by molar-refractivity contribution is 5.94. The van der Waals surface area contributed by atoms with E-state index in [4.69, 9.17) is 15.2 Å². The highest BCUT2D eigenvalue weighted by atomic mass is 16.6. The highest BCUT2D eigenvalue weighted by Crippen LogP contribution is 2.28. The first-order valence-electron chi connectivity index (χ1n) is 9.41. The van der Waals surface area contributed by atoms with Gasteiger partial charge >= 0.3 is 6.09 Å². The van der Waals surface area contributed by atoms with Crippen molar-refractivity contribution in [1.29, 1.82) is 0 Å². The van der Waals surface area contributed by atoms with Crippen LogP contribution >= 0.6 is 0 Å². The van der Waals surface area contributed by atoms with E-state index in [-0.39, 0.29) is 13.0 Å². The summed E-state index contributed by atoms with van der Waals surface area (Å²) in [6, 6.07) is -2.45. The largest absolute Gasteiger partial charge is 0.444 e. The Morgan fingerprint density at radius 2 is 1.93 bits per heavy atom. The van der Waals surface area contributed by atoms with Gasteiger partial charge in [0, 0.05) is 13.5 Å². The van der Waals surface area contributed by atoms with Crippen LogP contribution in [0.1, 0.15) is 47.0 Å². The van der Waals surface area contributed by atoms with Gasteiger partial charge in [0.2, 0.25) is 17.7 Å². The predicted octanol–water partition coefficient (Wildman–Crippen LogP) is -0.0507. The molecule has 0 unspecified atom stereocenters. The third kappa shape index (κ3) is 4.92. The standard InChI is InChI=1S/C18H30N4O6/c1-10(21(5)17(26)28-18(2,3)4)15(24)20-11-8-9-27-13-7-6-12(14(19)23)22(13)16(11)25/h10-13H,6-9H2,1-5H3,(H2,19,23)(H,20,24)/t10-,11-,12-,13-/m0/s1. The Labute approximate surface area is 164 Å². The van der Waals surface area contributed by atoms with Crippen LogP contribution in [0.4, 0.5) is 4.79 Å². The first kappa shape index (κ1) is 21.9. The zero-order chi connectivity index (χ0) is 21.2. The minimum Gasteiger partial charge on any atom is -0.444 e. The summed E-state index contributed by atoms with van der Waals surface area (Å²) in [7, 11) is 1.45. The van der Waals surface area contributed by atoms with Crippen molar-refractivity contribution in [1.82, 2.24) is 15.1 Å². The van der Waals surface area contributed by atoms with Gasteiger partial charge in [0.1, 0.15) is 30.0 Å². The number of carbonyl (C=O) groups excluding carboxylic acids is 4. The molecule has 10 heteroatoms. The smallest absolute Gasteiger partial charge is 0.410 e. The van der Waals surface area contributed by atoms with Crippen LogP contribution in [0.25, 0.3) is 0 Å².